The van der Waals surface area contributed by atoms with Crippen molar-refractivity contribution in [2.24, 2.45) is 36.1 Å². The van der Waals surface area contributed by atoms with Gasteiger partial charge in [0.2, 0.25) is 23.6 Å². The highest BCUT2D eigenvalue weighted by atomic mass is 35.5. The molecule has 12 nitrogen and oxygen atoms in total. The standard InChI is InChI=1S/C42H32ClF3N4O8S/c1-18-25-14-20(43)7-12-31(25)59-35(18)29-17-32(48(3)47-29)50-37(53)28-16-26-23(34(41(28,2)40(50)57)27-15-22(8-11-30(27)51)58-42(44,45)46)9-10-24-33(26)38(54)49(36(24)52)21-6-4-5-19(13-21)39(55)56/h4-9,11-15,17,24,26,28,33-34,51H,10,16H2,1-3H3,(H,55,56)/t24-,26+,28-,33-,34+,41+/m0/s1. The van der Waals surface area contributed by atoms with Crippen LogP contribution in [0.25, 0.3) is 20.7 Å². The first-order valence-corrected chi connectivity index (χ1v) is 19.7. The minimum absolute atomic E-state index is 0.0103. The smallest absolute Gasteiger partial charge is 0.508 e. The van der Waals surface area contributed by atoms with Crippen LogP contribution in [0.2, 0.25) is 5.02 Å². The molecule has 0 bridgehead atoms. The number of carboxylic acid groups (broad SMARTS) is 1. The second kappa shape index (κ2) is 13.3. The first-order chi connectivity index (χ1) is 27.9. The molecule has 6 atom stereocenters. The SMILES string of the molecule is Cc1c(-c2cc(N3C(=O)[C@@H]4C[C@@H]5C(=CC[C@@H]6C(=O)N(c7cccc(C(=O)O)c7)C(=O)[C@@H]65)[C@H](c5cc(OC(F)(F)F)ccc5O)[C@]4(C)C3=O)n(C)n2)sc2ccc(Cl)cc12. The quantitative estimate of drug-likeness (QED) is 0.128. The van der Waals surface area contributed by atoms with Gasteiger partial charge in [0.1, 0.15) is 23.0 Å². The van der Waals surface area contributed by atoms with Crippen LogP contribution in [0.4, 0.5) is 24.7 Å². The van der Waals surface area contributed by atoms with Gasteiger partial charge in [0.05, 0.1) is 39.3 Å². The number of rotatable bonds is 6. The normalized spacial score (nSPS) is 25.3. The van der Waals surface area contributed by atoms with Crippen molar-refractivity contribution in [3.05, 3.63) is 100 Å². The highest BCUT2D eigenvalue weighted by Gasteiger charge is 2.68. The average molecular weight is 845 g/mol. The molecule has 4 amide bonds. The molecule has 4 aliphatic rings. The number of phenols is 1. The Balaban J connectivity index is 1.17. The number of aromatic hydroxyl groups is 1. The summed E-state index contributed by atoms with van der Waals surface area (Å²) >= 11 is 7.74. The number of carboxylic acids is 1. The number of nitrogens with zero attached hydrogens (tertiary/aromatic N) is 4. The molecular formula is C42H32ClF3N4O8S. The molecule has 0 radical (unpaired) electrons. The number of fused-ring (bicyclic) bond motifs is 5. The highest BCUT2D eigenvalue weighted by molar-refractivity contribution is 7.22. The number of amides is 4. The third kappa shape index (κ3) is 5.78. The first kappa shape index (κ1) is 38.5. The number of hydrogen-bond acceptors (Lipinski definition) is 9. The van der Waals surface area contributed by atoms with E-state index in [4.69, 9.17) is 11.6 Å². The van der Waals surface area contributed by atoms with Gasteiger partial charge in [-0.25, -0.2) is 9.69 Å². The number of carbonyl (C=O) groups is 5. The second-order valence-electron chi connectivity index (χ2n) is 15.5. The molecule has 2 aliphatic heterocycles. The fraction of sp³-hybridized carbons (Fsp3) is 0.286. The summed E-state index contributed by atoms with van der Waals surface area (Å²) in [6.45, 7) is 3.45. The molecule has 2 aliphatic carbocycles. The molecule has 1 saturated carbocycles. The molecule has 4 heterocycles. The number of carbonyl (C=O) groups excluding carboxylic acids is 4. The predicted octanol–water partition coefficient (Wildman–Crippen LogP) is 8.00. The van der Waals surface area contributed by atoms with Crippen LogP contribution in [0.15, 0.2) is 78.4 Å². The summed E-state index contributed by atoms with van der Waals surface area (Å²) < 4.78 is 47.2. The van der Waals surface area contributed by atoms with E-state index < -0.39 is 82.5 Å². The van der Waals surface area contributed by atoms with Crippen molar-refractivity contribution in [3.63, 3.8) is 0 Å². The minimum atomic E-state index is -5.10. The van der Waals surface area contributed by atoms with Gasteiger partial charge in [-0.3, -0.25) is 28.8 Å². The number of hydrogen-bond donors (Lipinski definition) is 2. The number of allylic oxidation sites excluding steroid dienone is 2. The van der Waals surface area contributed by atoms with E-state index in [1.54, 1.807) is 25.3 Å². The van der Waals surface area contributed by atoms with Gasteiger partial charge in [0.15, 0.2) is 0 Å². The molecule has 2 N–H and O–H groups in total. The Hall–Kier alpha value is -6.00. The molecule has 59 heavy (non-hydrogen) atoms. The Bertz CT molecular complexity index is 2740. The summed E-state index contributed by atoms with van der Waals surface area (Å²) in [5, 5.41) is 27.2. The molecule has 0 spiro atoms. The van der Waals surface area contributed by atoms with Crippen LogP contribution in [0.5, 0.6) is 11.5 Å². The number of aryl methyl sites for hydroxylation is 2. The number of alkyl halides is 3. The van der Waals surface area contributed by atoms with Crippen molar-refractivity contribution < 1.29 is 52.1 Å². The number of thiophene rings is 1. The largest absolute Gasteiger partial charge is 0.573 e. The van der Waals surface area contributed by atoms with Gasteiger partial charge < -0.3 is 14.9 Å². The summed E-state index contributed by atoms with van der Waals surface area (Å²) in [4.78, 5) is 73.0. The maximum Gasteiger partial charge on any atom is 0.573 e. The maximum atomic E-state index is 15.1. The fourth-order valence-electron chi connectivity index (χ4n) is 9.79. The van der Waals surface area contributed by atoms with Crippen molar-refractivity contribution >= 4 is 74.1 Å². The zero-order valence-electron chi connectivity index (χ0n) is 31.3. The van der Waals surface area contributed by atoms with Crippen molar-refractivity contribution in [2.45, 2.75) is 39.0 Å². The molecular weight excluding hydrogens is 813 g/mol. The number of aromatic carboxylic acids is 1. The second-order valence-corrected chi connectivity index (χ2v) is 17.0. The Morgan fingerprint density at radius 3 is 2.47 bits per heavy atom. The third-order valence-electron chi connectivity index (χ3n) is 12.4. The lowest BCUT2D eigenvalue weighted by Gasteiger charge is -2.49. The van der Waals surface area contributed by atoms with Crippen molar-refractivity contribution in [1.29, 1.82) is 0 Å². The highest BCUT2D eigenvalue weighted by Crippen LogP contribution is 2.65. The number of anilines is 2. The van der Waals surface area contributed by atoms with E-state index in [0.717, 1.165) is 48.5 Å². The van der Waals surface area contributed by atoms with Crippen LogP contribution < -0.4 is 14.5 Å². The predicted molar refractivity (Wildman–Crippen MR) is 209 cm³/mol. The van der Waals surface area contributed by atoms with Crippen molar-refractivity contribution in [1.82, 2.24) is 9.78 Å². The van der Waals surface area contributed by atoms with Crippen LogP contribution in [-0.4, -0.2) is 56.0 Å². The van der Waals surface area contributed by atoms with Crippen LogP contribution in [0.3, 0.4) is 0 Å². The van der Waals surface area contributed by atoms with Gasteiger partial charge in [-0.05, 0) is 98.2 Å². The molecule has 5 aromatic rings. The van der Waals surface area contributed by atoms with Crippen molar-refractivity contribution in [2.75, 3.05) is 9.80 Å². The minimum Gasteiger partial charge on any atom is -0.508 e. The Labute approximate surface area is 342 Å². The van der Waals surface area contributed by atoms with Gasteiger partial charge in [-0.2, -0.15) is 5.10 Å². The van der Waals surface area contributed by atoms with Gasteiger partial charge in [-0.15, -0.1) is 24.5 Å². The van der Waals surface area contributed by atoms with Crippen molar-refractivity contribution in [3.8, 4) is 22.1 Å². The van der Waals surface area contributed by atoms with Crippen LogP contribution in [-0.2, 0) is 26.2 Å². The van der Waals surface area contributed by atoms with Gasteiger partial charge in [-0.1, -0.05) is 29.3 Å². The lowest BCUT2D eigenvalue weighted by atomic mass is 9.51. The first-order valence-electron chi connectivity index (χ1n) is 18.5. The molecule has 9 rings (SSSR count). The summed E-state index contributed by atoms with van der Waals surface area (Å²) in [6.07, 6.45) is -3.53. The maximum absolute atomic E-state index is 15.1. The van der Waals surface area contributed by atoms with E-state index in [0.29, 0.717) is 16.3 Å². The summed E-state index contributed by atoms with van der Waals surface area (Å²) in [7, 11) is 1.58. The Morgan fingerprint density at radius 2 is 1.75 bits per heavy atom. The number of benzene rings is 3. The summed E-state index contributed by atoms with van der Waals surface area (Å²) in [5.41, 5.74) is -0.197. The fourth-order valence-corrected chi connectivity index (χ4v) is 11.1. The third-order valence-corrected chi connectivity index (χ3v) is 13.9. The van der Waals surface area contributed by atoms with E-state index in [1.807, 2.05) is 19.1 Å². The molecule has 0 unspecified atom stereocenters. The lowest BCUT2D eigenvalue weighted by Crippen LogP contribution is -2.49. The molecule has 3 fully saturated rings. The number of ether oxygens (including phenoxy) is 1. The summed E-state index contributed by atoms with van der Waals surface area (Å²) in [5.74, 6) is -10.2. The van der Waals surface area contributed by atoms with Crippen LogP contribution in [0.1, 0.15) is 47.2 Å². The molecule has 2 aromatic heterocycles. The van der Waals surface area contributed by atoms with Gasteiger partial charge >= 0.3 is 12.3 Å². The average Bonchev–Trinajstić information content (AvgIpc) is 3.85. The van der Waals surface area contributed by atoms with Crippen LogP contribution >= 0.6 is 22.9 Å². The molecule has 2 saturated heterocycles. The molecule has 302 valence electrons. The van der Waals surface area contributed by atoms with E-state index in [9.17, 15) is 42.6 Å². The zero-order valence-corrected chi connectivity index (χ0v) is 32.9. The number of aromatic nitrogens is 2. The molecule has 17 heteroatoms. The number of imide groups is 2. The van der Waals surface area contributed by atoms with E-state index >= 15 is 4.79 Å². The van der Waals surface area contributed by atoms with E-state index in [2.05, 4.69) is 9.84 Å². The van der Waals surface area contributed by atoms with E-state index in [-0.39, 0.29) is 35.5 Å². The lowest BCUT2D eigenvalue weighted by molar-refractivity contribution is -0.274. The Kier molecular flexibility index (Phi) is 8.66. The zero-order chi connectivity index (χ0) is 42.0. The monoisotopic (exact) mass is 844 g/mol. The van der Waals surface area contributed by atoms with Gasteiger partial charge in [0, 0.05) is 34.3 Å². The van der Waals surface area contributed by atoms with E-state index in [1.165, 1.54) is 47.2 Å². The molecule has 3 aromatic carbocycles. The number of phenolic OH excluding ortho intramolecular Hbond substituents is 1. The number of halogens is 4. The Morgan fingerprint density at radius 1 is 0.983 bits per heavy atom. The summed E-state index contributed by atoms with van der Waals surface area (Å²) in [6, 6.07) is 15.4. The van der Waals surface area contributed by atoms with Gasteiger partial charge in [0.25, 0.3) is 0 Å². The topological polar surface area (TPSA) is 159 Å². The van der Waals surface area contributed by atoms with Crippen LogP contribution in [0, 0.1) is 36.0 Å².